The van der Waals surface area contributed by atoms with Crippen molar-refractivity contribution in [2.45, 2.75) is 19.9 Å². The van der Waals surface area contributed by atoms with Gasteiger partial charge < -0.3 is 10.6 Å². The largest absolute Gasteiger partial charge is 0.325 e. The van der Waals surface area contributed by atoms with Crippen molar-refractivity contribution in [1.29, 1.82) is 0 Å². The van der Waals surface area contributed by atoms with Crippen LogP contribution in [0.1, 0.15) is 24.1 Å². The van der Waals surface area contributed by atoms with Crippen molar-refractivity contribution in [1.82, 2.24) is 5.32 Å². The molecule has 0 bridgehead atoms. The molecule has 0 aliphatic heterocycles. The molecule has 1 amide bonds. The summed E-state index contributed by atoms with van der Waals surface area (Å²) in [5.41, 5.74) is 2.92. The maximum atomic E-state index is 12.3. The van der Waals surface area contributed by atoms with E-state index >= 15 is 0 Å². The van der Waals surface area contributed by atoms with E-state index in [1.165, 1.54) is 16.3 Å². The molecule has 0 saturated heterocycles. The number of carbonyl (C=O) groups is 1. The summed E-state index contributed by atoms with van der Waals surface area (Å²) in [5.74, 6) is -0.0857. The van der Waals surface area contributed by atoms with Crippen molar-refractivity contribution in [3.05, 3.63) is 76.8 Å². The first kappa shape index (κ1) is 17.5. The molecule has 25 heavy (non-hydrogen) atoms. The van der Waals surface area contributed by atoms with Crippen LogP contribution in [0.5, 0.6) is 0 Å². The lowest BCUT2D eigenvalue weighted by atomic mass is 10.00. The molecule has 3 nitrogen and oxygen atoms in total. The molecule has 0 heterocycles. The number of aryl methyl sites for hydroxylation is 1. The summed E-state index contributed by atoms with van der Waals surface area (Å²) >= 11 is 6.00. The Morgan fingerprint density at radius 2 is 1.84 bits per heavy atom. The summed E-state index contributed by atoms with van der Waals surface area (Å²) in [6.45, 7) is 4.24. The topological polar surface area (TPSA) is 41.1 Å². The number of halogens is 1. The molecule has 3 rings (SSSR count). The predicted octanol–water partition coefficient (Wildman–Crippen LogP) is 5.09. The fourth-order valence-electron chi connectivity index (χ4n) is 2.91. The molecular weight excluding hydrogens is 332 g/mol. The van der Waals surface area contributed by atoms with Crippen molar-refractivity contribution >= 4 is 34.0 Å². The number of benzene rings is 3. The first-order valence-corrected chi connectivity index (χ1v) is 8.69. The van der Waals surface area contributed by atoms with Gasteiger partial charge in [-0.05, 0) is 47.9 Å². The molecule has 0 aromatic heterocycles. The predicted molar refractivity (Wildman–Crippen MR) is 105 cm³/mol. The summed E-state index contributed by atoms with van der Waals surface area (Å²) in [6, 6.07) is 20.1. The Morgan fingerprint density at radius 1 is 1.08 bits per heavy atom. The molecule has 0 unspecified atom stereocenters. The number of hydrogen-bond acceptors (Lipinski definition) is 2. The van der Waals surface area contributed by atoms with Crippen LogP contribution in [0.4, 0.5) is 5.69 Å². The lowest BCUT2D eigenvalue weighted by Gasteiger charge is -2.17. The van der Waals surface area contributed by atoms with E-state index in [0.29, 0.717) is 5.02 Å². The summed E-state index contributed by atoms with van der Waals surface area (Å²) in [5, 5.41) is 9.22. The Bertz CT molecular complexity index is 902. The number of fused-ring (bicyclic) bond motifs is 1. The second kappa shape index (κ2) is 7.68. The van der Waals surface area contributed by atoms with Gasteiger partial charge in [0.15, 0.2) is 0 Å². The molecule has 4 heteroatoms. The van der Waals surface area contributed by atoms with Crippen molar-refractivity contribution < 1.29 is 4.79 Å². The average Bonchev–Trinajstić information content (AvgIpc) is 2.62. The molecule has 1 atom stereocenters. The van der Waals surface area contributed by atoms with Gasteiger partial charge in [-0.3, -0.25) is 4.79 Å². The molecule has 3 aromatic carbocycles. The van der Waals surface area contributed by atoms with Crippen LogP contribution in [0.3, 0.4) is 0 Å². The highest BCUT2D eigenvalue weighted by molar-refractivity contribution is 6.31. The van der Waals surface area contributed by atoms with Gasteiger partial charge in [0.1, 0.15) is 0 Å². The number of hydrogen-bond donors (Lipinski definition) is 2. The van der Waals surface area contributed by atoms with Crippen LogP contribution in [0.15, 0.2) is 60.7 Å². The highest BCUT2D eigenvalue weighted by Gasteiger charge is 2.11. The standard InChI is InChI=1S/C21H21ClN2O/c1-14-10-11-17(22)12-20(14)24-21(25)13-23-15(2)18-9-5-7-16-6-3-4-8-19(16)18/h3-12,15,23H,13H2,1-2H3,(H,24,25)/t15-/m1/s1. The highest BCUT2D eigenvalue weighted by Crippen LogP contribution is 2.24. The van der Waals surface area contributed by atoms with Gasteiger partial charge >= 0.3 is 0 Å². The van der Waals surface area contributed by atoms with E-state index in [9.17, 15) is 4.79 Å². The van der Waals surface area contributed by atoms with Gasteiger partial charge in [0.2, 0.25) is 5.91 Å². The van der Waals surface area contributed by atoms with Crippen molar-refractivity contribution in [2.24, 2.45) is 0 Å². The molecule has 3 aromatic rings. The maximum absolute atomic E-state index is 12.3. The fraction of sp³-hybridized carbons (Fsp3) is 0.190. The molecule has 0 aliphatic carbocycles. The number of amides is 1. The zero-order valence-electron chi connectivity index (χ0n) is 14.3. The summed E-state index contributed by atoms with van der Waals surface area (Å²) < 4.78 is 0. The van der Waals surface area contributed by atoms with E-state index in [4.69, 9.17) is 11.6 Å². The molecular formula is C21H21ClN2O. The monoisotopic (exact) mass is 352 g/mol. The molecule has 0 fully saturated rings. The van der Waals surface area contributed by atoms with Gasteiger partial charge in [0, 0.05) is 16.8 Å². The Kier molecular flexibility index (Phi) is 5.37. The molecule has 2 N–H and O–H groups in total. The van der Waals surface area contributed by atoms with Crippen LogP contribution in [-0.4, -0.2) is 12.5 Å². The Balaban J connectivity index is 1.66. The Morgan fingerprint density at radius 3 is 2.68 bits per heavy atom. The van der Waals surface area contributed by atoms with E-state index in [1.807, 2.05) is 37.3 Å². The van der Waals surface area contributed by atoms with Crippen LogP contribution in [0.2, 0.25) is 5.02 Å². The SMILES string of the molecule is Cc1ccc(Cl)cc1NC(=O)CN[C@H](C)c1cccc2ccccc12. The van der Waals surface area contributed by atoms with E-state index in [-0.39, 0.29) is 18.5 Å². The van der Waals surface area contributed by atoms with Crippen molar-refractivity contribution in [3.8, 4) is 0 Å². The van der Waals surface area contributed by atoms with E-state index in [0.717, 1.165) is 11.3 Å². The van der Waals surface area contributed by atoms with Gasteiger partial charge in [-0.1, -0.05) is 60.1 Å². The number of carbonyl (C=O) groups excluding carboxylic acids is 1. The number of nitrogens with one attached hydrogen (secondary N) is 2. The summed E-state index contributed by atoms with van der Waals surface area (Å²) in [7, 11) is 0. The zero-order valence-corrected chi connectivity index (χ0v) is 15.1. The Hall–Kier alpha value is -2.36. The van der Waals surface area contributed by atoms with Gasteiger partial charge in [0.05, 0.1) is 6.54 Å². The minimum absolute atomic E-state index is 0.0670. The van der Waals surface area contributed by atoms with Crippen LogP contribution in [0, 0.1) is 6.92 Å². The van der Waals surface area contributed by atoms with Crippen LogP contribution < -0.4 is 10.6 Å². The molecule has 0 radical (unpaired) electrons. The molecule has 0 saturated carbocycles. The summed E-state index contributed by atoms with van der Waals surface area (Å²) in [6.07, 6.45) is 0. The van der Waals surface area contributed by atoms with Crippen molar-refractivity contribution in [3.63, 3.8) is 0 Å². The van der Waals surface area contributed by atoms with Gasteiger partial charge in [-0.15, -0.1) is 0 Å². The van der Waals surface area contributed by atoms with Crippen molar-refractivity contribution in [2.75, 3.05) is 11.9 Å². The van der Waals surface area contributed by atoms with E-state index in [2.05, 4.69) is 41.8 Å². The maximum Gasteiger partial charge on any atom is 0.238 e. The normalized spacial score (nSPS) is 12.1. The van der Waals surface area contributed by atoms with Crippen LogP contribution in [0.25, 0.3) is 10.8 Å². The third-order valence-electron chi connectivity index (χ3n) is 4.33. The second-order valence-corrected chi connectivity index (χ2v) is 6.61. The zero-order chi connectivity index (χ0) is 17.8. The van der Waals surface area contributed by atoms with Gasteiger partial charge in [-0.2, -0.15) is 0 Å². The molecule has 0 aliphatic rings. The first-order valence-electron chi connectivity index (χ1n) is 8.31. The number of anilines is 1. The first-order chi connectivity index (χ1) is 12.0. The van der Waals surface area contributed by atoms with Gasteiger partial charge in [-0.25, -0.2) is 0 Å². The Labute approximate surface area is 153 Å². The lowest BCUT2D eigenvalue weighted by molar-refractivity contribution is -0.115. The minimum Gasteiger partial charge on any atom is -0.325 e. The van der Waals surface area contributed by atoms with Gasteiger partial charge in [0.25, 0.3) is 0 Å². The minimum atomic E-state index is -0.0857. The third-order valence-corrected chi connectivity index (χ3v) is 4.57. The number of rotatable bonds is 5. The summed E-state index contributed by atoms with van der Waals surface area (Å²) in [4.78, 5) is 12.3. The average molecular weight is 353 g/mol. The third kappa shape index (κ3) is 4.19. The second-order valence-electron chi connectivity index (χ2n) is 6.18. The van der Waals surface area contributed by atoms with E-state index < -0.39 is 0 Å². The fourth-order valence-corrected chi connectivity index (χ4v) is 3.08. The molecule has 0 spiro atoms. The van der Waals surface area contributed by atoms with Crippen LogP contribution in [-0.2, 0) is 4.79 Å². The van der Waals surface area contributed by atoms with Crippen LogP contribution >= 0.6 is 11.6 Å². The highest BCUT2D eigenvalue weighted by atomic mass is 35.5. The van der Waals surface area contributed by atoms with E-state index in [1.54, 1.807) is 6.07 Å². The lowest BCUT2D eigenvalue weighted by Crippen LogP contribution is -2.30. The molecule has 128 valence electrons. The quantitative estimate of drug-likeness (QED) is 0.671. The smallest absolute Gasteiger partial charge is 0.238 e.